The predicted octanol–water partition coefficient (Wildman–Crippen LogP) is 2.05. The van der Waals surface area contributed by atoms with Crippen molar-refractivity contribution < 1.29 is 19.5 Å². The Hall–Kier alpha value is -4.14. The Kier molecular flexibility index (Phi) is 9.00. The SMILES string of the molecule is NC(N)=Nc1ccc(/C=C/C(=O)NC[C@@H]2C[C@@H](CC(=O)O)C(=O)N2CCCc2ccccc2)cc1. The minimum Gasteiger partial charge on any atom is -0.481 e. The number of hydrogen-bond acceptors (Lipinski definition) is 4. The van der Waals surface area contributed by atoms with Crippen molar-refractivity contribution in [1.29, 1.82) is 0 Å². The van der Waals surface area contributed by atoms with Gasteiger partial charge in [0.15, 0.2) is 5.96 Å². The summed E-state index contributed by atoms with van der Waals surface area (Å²) >= 11 is 0. The average Bonchev–Trinajstić information content (AvgIpc) is 3.11. The van der Waals surface area contributed by atoms with E-state index in [2.05, 4.69) is 10.3 Å². The monoisotopic (exact) mass is 477 g/mol. The second-order valence-corrected chi connectivity index (χ2v) is 8.51. The lowest BCUT2D eigenvalue weighted by Crippen LogP contribution is -2.42. The molecule has 1 fully saturated rings. The van der Waals surface area contributed by atoms with Crippen LogP contribution in [0.5, 0.6) is 0 Å². The topological polar surface area (TPSA) is 151 Å². The van der Waals surface area contributed by atoms with Gasteiger partial charge in [0.25, 0.3) is 0 Å². The molecule has 0 saturated carbocycles. The maximum absolute atomic E-state index is 12.9. The Balaban J connectivity index is 1.55. The highest BCUT2D eigenvalue weighted by Gasteiger charge is 2.39. The van der Waals surface area contributed by atoms with Crippen LogP contribution in [0.4, 0.5) is 5.69 Å². The quantitative estimate of drug-likeness (QED) is 0.221. The highest BCUT2D eigenvalue weighted by atomic mass is 16.4. The van der Waals surface area contributed by atoms with Gasteiger partial charge in [-0.2, -0.15) is 0 Å². The molecule has 1 saturated heterocycles. The summed E-state index contributed by atoms with van der Waals surface area (Å²) in [5.74, 6) is -2.04. The van der Waals surface area contributed by atoms with E-state index in [9.17, 15) is 19.5 Å². The maximum Gasteiger partial charge on any atom is 0.304 e. The zero-order valence-electron chi connectivity index (χ0n) is 19.5. The molecule has 1 heterocycles. The number of aryl methyl sites for hydroxylation is 1. The number of guanidine groups is 1. The van der Waals surface area contributed by atoms with Crippen LogP contribution in [0.2, 0.25) is 0 Å². The molecular formula is C26H31N5O4. The molecular weight excluding hydrogens is 446 g/mol. The summed E-state index contributed by atoms with van der Waals surface area (Å²) in [5.41, 5.74) is 13.3. The van der Waals surface area contributed by atoms with Crippen LogP contribution >= 0.6 is 0 Å². The number of hydrogen-bond donors (Lipinski definition) is 4. The number of aliphatic imine (C=N–C) groups is 1. The number of rotatable bonds is 11. The summed E-state index contributed by atoms with van der Waals surface area (Å²) in [6, 6.07) is 16.8. The number of likely N-dealkylation sites (tertiary alicyclic amines) is 1. The highest BCUT2D eigenvalue weighted by Crippen LogP contribution is 2.27. The van der Waals surface area contributed by atoms with Gasteiger partial charge in [-0.1, -0.05) is 42.5 Å². The zero-order valence-corrected chi connectivity index (χ0v) is 19.5. The summed E-state index contributed by atoms with van der Waals surface area (Å²) in [6.45, 7) is 0.780. The third-order valence-electron chi connectivity index (χ3n) is 5.85. The molecule has 1 aliphatic rings. The number of nitrogens with zero attached hydrogens (tertiary/aromatic N) is 2. The van der Waals surface area contributed by atoms with Crippen molar-refractivity contribution >= 4 is 35.5 Å². The van der Waals surface area contributed by atoms with E-state index in [1.807, 2.05) is 30.3 Å². The Bertz CT molecular complexity index is 1080. The van der Waals surface area contributed by atoms with E-state index in [1.165, 1.54) is 11.6 Å². The second kappa shape index (κ2) is 12.4. The Morgan fingerprint density at radius 3 is 2.49 bits per heavy atom. The largest absolute Gasteiger partial charge is 0.481 e. The summed E-state index contributed by atoms with van der Waals surface area (Å²) < 4.78 is 0. The van der Waals surface area contributed by atoms with Crippen molar-refractivity contribution in [3.63, 3.8) is 0 Å². The standard InChI is InChI=1S/C26H31N5O4/c27-26(28)30-21-11-8-19(9-12-21)10-13-23(32)29-17-22-15-20(16-24(33)34)25(35)31(22)14-4-7-18-5-2-1-3-6-18/h1-3,5-6,8-13,20,22H,4,7,14-17H2,(H,29,32)(H,33,34)(H4,27,28,30)/b13-10+/t20-,22-/m0/s1. The van der Waals surface area contributed by atoms with E-state index in [0.717, 1.165) is 18.4 Å². The molecule has 6 N–H and O–H groups in total. The van der Waals surface area contributed by atoms with Crippen molar-refractivity contribution in [2.24, 2.45) is 22.4 Å². The summed E-state index contributed by atoms with van der Waals surface area (Å²) in [4.78, 5) is 42.1. The van der Waals surface area contributed by atoms with Crippen LogP contribution in [-0.2, 0) is 20.8 Å². The van der Waals surface area contributed by atoms with E-state index in [-0.39, 0.29) is 36.8 Å². The molecule has 2 aromatic carbocycles. The molecule has 0 bridgehead atoms. The highest BCUT2D eigenvalue weighted by molar-refractivity contribution is 5.92. The molecule has 3 rings (SSSR count). The van der Waals surface area contributed by atoms with Gasteiger partial charge >= 0.3 is 5.97 Å². The van der Waals surface area contributed by atoms with Gasteiger partial charge in [-0.3, -0.25) is 14.4 Å². The molecule has 0 unspecified atom stereocenters. The van der Waals surface area contributed by atoms with Crippen LogP contribution in [-0.4, -0.2) is 52.9 Å². The Morgan fingerprint density at radius 1 is 1.11 bits per heavy atom. The number of amides is 2. The fraction of sp³-hybridized carbons (Fsp3) is 0.308. The number of carboxylic acid groups (broad SMARTS) is 1. The van der Waals surface area contributed by atoms with Crippen LogP contribution in [0.1, 0.15) is 30.4 Å². The molecule has 1 aliphatic heterocycles. The van der Waals surface area contributed by atoms with Gasteiger partial charge in [-0.05, 0) is 48.6 Å². The molecule has 2 aromatic rings. The molecule has 0 aromatic heterocycles. The molecule has 2 atom stereocenters. The fourth-order valence-electron chi connectivity index (χ4n) is 4.20. The van der Waals surface area contributed by atoms with Crippen LogP contribution in [0.15, 0.2) is 65.7 Å². The first-order valence-electron chi connectivity index (χ1n) is 11.5. The zero-order chi connectivity index (χ0) is 25.2. The van der Waals surface area contributed by atoms with Crippen LogP contribution in [0.25, 0.3) is 6.08 Å². The van der Waals surface area contributed by atoms with Gasteiger partial charge in [0, 0.05) is 25.2 Å². The lowest BCUT2D eigenvalue weighted by Gasteiger charge is -2.25. The number of nitrogens with one attached hydrogen (secondary N) is 1. The minimum absolute atomic E-state index is 0.0298. The first-order chi connectivity index (χ1) is 16.8. The van der Waals surface area contributed by atoms with Crippen molar-refractivity contribution in [1.82, 2.24) is 10.2 Å². The molecule has 184 valence electrons. The Labute approximate surface area is 204 Å². The van der Waals surface area contributed by atoms with Crippen molar-refractivity contribution in [3.05, 3.63) is 71.8 Å². The number of nitrogens with two attached hydrogens (primary N) is 2. The minimum atomic E-state index is -0.994. The third kappa shape index (κ3) is 7.99. The molecule has 9 nitrogen and oxygen atoms in total. The normalized spacial score (nSPS) is 17.5. The number of benzene rings is 2. The smallest absolute Gasteiger partial charge is 0.304 e. The van der Waals surface area contributed by atoms with Crippen LogP contribution in [0, 0.1) is 5.92 Å². The number of aliphatic carboxylic acids is 1. The van der Waals surface area contributed by atoms with Crippen LogP contribution < -0.4 is 16.8 Å². The summed E-state index contributed by atoms with van der Waals surface area (Å²) in [6.07, 6.45) is 4.87. The molecule has 0 spiro atoms. The van der Waals surface area contributed by atoms with Gasteiger partial charge in [0.2, 0.25) is 11.8 Å². The maximum atomic E-state index is 12.9. The van der Waals surface area contributed by atoms with Crippen LogP contribution in [0.3, 0.4) is 0 Å². The fourth-order valence-corrected chi connectivity index (χ4v) is 4.20. The van der Waals surface area contributed by atoms with E-state index in [0.29, 0.717) is 18.7 Å². The van der Waals surface area contributed by atoms with E-state index in [1.54, 1.807) is 35.2 Å². The number of carboxylic acids is 1. The van der Waals surface area contributed by atoms with Crippen molar-refractivity contribution in [2.45, 2.75) is 31.7 Å². The first kappa shape index (κ1) is 25.5. The molecule has 35 heavy (non-hydrogen) atoms. The van der Waals surface area contributed by atoms with Gasteiger partial charge in [-0.15, -0.1) is 0 Å². The van der Waals surface area contributed by atoms with Gasteiger partial charge in [-0.25, -0.2) is 4.99 Å². The average molecular weight is 478 g/mol. The predicted molar refractivity (Wildman–Crippen MR) is 135 cm³/mol. The number of carbonyl (C=O) groups is 3. The molecule has 0 radical (unpaired) electrons. The molecule has 0 aliphatic carbocycles. The van der Waals surface area contributed by atoms with Gasteiger partial charge in [0.1, 0.15) is 0 Å². The van der Waals surface area contributed by atoms with Gasteiger partial charge < -0.3 is 26.8 Å². The first-order valence-corrected chi connectivity index (χ1v) is 11.5. The van der Waals surface area contributed by atoms with E-state index in [4.69, 9.17) is 11.5 Å². The summed E-state index contributed by atoms with van der Waals surface area (Å²) in [5, 5.41) is 12.0. The molecule has 9 heteroatoms. The van der Waals surface area contributed by atoms with Crippen molar-refractivity contribution in [2.75, 3.05) is 13.1 Å². The summed E-state index contributed by atoms with van der Waals surface area (Å²) in [7, 11) is 0. The lowest BCUT2D eigenvalue weighted by atomic mass is 10.0. The van der Waals surface area contributed by atoms with E-state index < -0.39 is 11.9 Å². The van der Waals surface area contributed by atoms with Gasteiger partial charge in [0.05, 0.1) is 18.0 Å². The Morgan fingerprint density at radius 2 is 1.83 bits per heavy atom. The van der Waals surface area contributed by atoms with Crippen molar-refractivity contribution in [3.8, 4) is 0 Å². The molecule has 2 amide bonds. The lowest BCUT2D eigenvalue weighted by molar-refractivity contribution is -0.142. The second-order valence-electron chi connectivity index (χ2n) is 8.51. The number of carbonyl (C=O) groups excluding carboxylic acids is 2. The van der Waals surface area contributed by atoms with E-state index >= 15 is 0 Å². The third-order valence-corrected chi connectivity index (χ3v) is 5.85.